The number of benzene rings is 2. The van der Waals surface area contributed by atoms with Crippen molar-refractivity contribution < 1.29 is 5.11 Å². The van der Waals surface area contributed by atoms with Gasteiger partial charge in [0.05, 0.1) is 0 Å². The average molecular weight is 275 g/mol. The molecule has 1 unspecified atom stereocenters. The Hall–Kier alpha value is -1.12. The molecule has 2 heteroatoms. The molecule has 2 aromatic rings. The molecule has 0 aliphatic heterocycles. The third kappa shape index (κ3) is 1.34. The summed E-state index contributed by atoms with van der Waals surface area (Å²) in [6.45, 7) is 2.05. The Balaban J connectivity index is 2.30. The minimum atomic E-state index is -0.484. The summed E-state index contributed by atoms with van der Waals surface area (Å²) >= 11 is 3.44. The van der Waals surface area contributed by atoms with E-state index in [1.807, 2.05) is 19.1 Å². The van der Waals surface area contributed by atoms with Crippen LogP contribution < -0.4 is 0 Å². The largest absolute Gasteiger partial charge is 0.384 e. The van der Waals surface area contributed by atoms with Crippen molar-refractivity contribution in [3.05, 3.63) is 57.6 Å². The monoisotopic (exact) mass is 274 g/mol. The lowest BCUT2D eigenvalue weighted by atomic mass is 10.0. The lowest BCUT2D eigenvalue weighted by molar-refractivity contribution is 0.225. The summed E-state index contributed by atoms with van der Waals surface area (Å²) < 4.78 is 1.01. The van der Waals surface area contributed by atoms with Crippen LogP contribution in [0.4, 0.5) is 0 Å². The average Bonchev–Trinajstić information content (AvgIpc) is 2.53. The summed E-state index contributed by atoms with van der Waals surface area (Å²) in [5.74, 6) is 0. The van der Waals surface area contributed by atoms with Gasteiger partial charge in [-0.15, -0.1) is 0 Å². The normalized spacial score (nSPS) is 17.1. The molecule has 0 heterocycles. The van der Waals surface area contributed by atoms with E-state index in [0.717, 1.165) is 26.7 Å². The fourth-order valence-corrected chi connectivity index (χ4v) is 2.71. The maximum absolute atomic E-state index is 10.3. The highest BCUT2D eigenvalue weighted by Gasteiger charge is 2.26. The molecule has 3 rings (SSSR count). The highest BCUT2D eigenvalue weighted by molar-refractivity contribution is 9.10. The van der Waals surface area contributed by atoms with Crippen molar-refractivity contribution in [1.82, 2.24) is 0 Å². The number of hydrogen-bond donors (Lipinski definition) is 1. The van der Waals surface area contributed by atoms with Gasteiger partial charge in [-0.3, -0.25) is 0 Å². The van der Waals surface area contributed by atoms with Crippen molar-refractivity contribution in [2.45, 2.75) is 13.0 Å². The van der Waals surface area contributed by atoms with Crippen LogP contribution in [0, 0.1) is 6.92 Å². The van der Waals surface area contributed by atoms with Crippen LogP contribution in [0.1, 0.15) is 22.8 Å². The lowest BCUT2D eigenvalue weighted by Crippen LogP contribution is -1.93. The predicted molar refractivity (Wildman–Crippen MR) is 68.4 cm³/mol. The van der Waals surface area contributed by atoms with Crippen LogP contribution >= 0.6 is 15.9 Å². The van der Waals surface area contributed by atoms with E-state index >= 15 is 0 Å². The summed E-state index contributed by atoms with van der Waals surface area (Å²) in [5, 5.41) is 10.3. The summed E-state index contributed by atoms with van der Waals surface area (Å²) in [5.41, 5.74) is 5.50. The summed E-state index contributed by atoms with van der Waals surface area (Å²) in [7, 11) is 0. The van der Waals surface area contributed by atoms with E-state index in [1.54, 1.807) is 0 Å². The van der Waals surface area contributed by atoms with Crippen LogP contribution in [0.3, 0.4) is 0 Å². The zero-order valence-electron chi connectivity index (χ0n) is 8.87. The molecule has 0 bridgehead atoms. The quantitative estimate of drug-likeness (QED) is 0.775. The Morgan fingerprint density at radius 1 is 1.00 bits per heavy atom. The number of aliphatic hydroxyl groups is 1. The van der Waals surface area contributed by atoms with Gasteiger partial charge in [-0.1, -0.05) is 45.8 Å². The number of aliphatic hydroxyl groups excluding tert-OH is 1. The molecular formula is C14H11BrO. The molecule has 0 spiro atoms. The van der Waals surface area contributed by atoms with Crippen molar-refractivity contribution in [2.24, 2.45) is 0 Å². The smallest absolute Gasteiger partial charge is 0.105 e. The lowest BCUT2D eigenvalue weighted by Gasteiger charge is -2.05. The van der Waals surface area contributed by atoms with Crippen molar-refractivity contribution in [3.63, 3.8) is 0 Å². The van der Waals surface area contributed by atoms with Gasteiger partial charge < -0.3 is 5.11 Å². The molecule has 0 amide bonds. The van der Waals surface area contributed by atoms with Gasteiger partial charge >= 0.3 is 0 Å². The molecule has 1 aliphatic rings. The summed E-state index contributed by atoms with van der Waals surface area (Å²) in [4.78, 5) is 0. The molecule has 0 saturated carbocycles. The molecule has 1 atom stereocenters. The molecule has 0 saturated heterocycles. The third-order valence-electron chi connectivity index (χ3n) is 3.10. The molecule has 16 heavy (non-hydrogen) atoms. The standard InChI is InChI=1S/C14H11BrO/c1-8-2-4-10-11-5-3-9(15)7-13(11)14(16)12(10)6-8/h2-7,14,16H,1H3. The van der Waals surface area contributed by atoms with E-state index in [-0.39, 0.29) is 0 Å². The van der Waals surface area contributed by atoms with Gasteiger partial charge in [0.25, 0.3) is 0 Å². The van der Waals surface area contributed by atoms with Crippen molar-refractivity contribution in [1.29, 1.82) is 0 Å². The maximum Gasteiger partial charge on any atom is 0.105 e. The second-order valence-electron chi connectivity index (χ2n) is 4.22. The first kappa shape index (κ1) is 10.1. The predicted octanol–water partition coefficient (Wildman–Crippen LogP) is 3.82. The van der Waals surface area contributed by atoms with Crippen LogP contribution in [0.25, 0.3) is 11.1 Å². The number of aryl methyl sites for hydroxylation is 1. The molecular weight excluding hydrogens is 264 g/mol. The number of rotatable bonds is 0. The number of halogens is 1. The molecule has 0 fully saturated rings. The first-order chi connectivity index (χ1) is 7.66. The van der Waals surface area contributed by atoms with Crippen LogP contribution in [-0.4, -0.2) is 5.11 Å². The second-order valence-corrected chi connectivity index (χ2v) is 5.14. The van der Waals surface area contributed by atoms with Crippen LogP contribution in [0.2, 0.25) is 0 Å². The van der Waals surface area contributed by atoms with Crippen molar-refractivity contribution >= 4 is 15.9 Å². The van der Waals surface area contributed by atoms with E-state index < -0.39 is 6.10 Å². The van der Waals surface area contributed by atoms with Crippen LogP contribution in [-0.2, 0) is 0 Å². The number of fused-ring (bicyclic) bond motifs is 3. The maximum atomic E-state index is 10.3. The first-order valence-corrected chi connectivity index (χ1v) is 6.04. The van der Waals surface area contributed by atoms with Crippen LogP contribution in [0.15, 0.2) is 40.9 Å². The molecule has 0 aromatic heterocycles. The Morgan fingerprint density at radius 3 is 2.38 bits per heavy atom. The van der Waals surface area contributed by atoms with Gasteiger partial charge in [0.15, 0.2) is 0 Å². The highest BCUT2D eigenvalue weighted by atomic mass is 79.9. The van der Waals surface area contributed by atoms with E-state index in [9.17, 15) is 5.11 Å². The minimum absolute atomic E-state index is 0.484. The van der Waals surface area contributed by atoms with E-state index in [4.69, 9.17) is 0 Å². The molecule has 2 aromatic carbocycles. The number of hydrogen-bond acceptors (Lipinski definition) is 1. The fraction of sp³-hybridized carbons (Fsp3) is 0.143. The van der Waals surface area contributed by atoms with Gasteiger partial charge in [0.1, 0.15) is 6.10 Å². The Kier molecular flexibility index (Phi) is 2.16. The van der Waals surface area contributed by atoms with E-state index in [2.05, 4.69) is 40.2 Å². The van der Waals surface area contributed by atoms with E-state index in [0.29, 0.717) is 0 Å². The molecule has 80 valence electrons. The highest BCUT2D eigenvalue weighted by Crippen LogP contribution is 2.44. The Labute approximate surface area is 103 Å². The summed E-state index contributed by atoms with van der Waals surface area (Å²) in [6.07, 6.45) is -0.484. The Bertz CT molecular complexity index is 523. The summed E-state index contributed by atoms with van der Waals surface area (Å²) in [6, 6.07) is 12.3. The zero-order valence-corrected chi connectivity index (χ0v) is 10.5. The van der Waals surface area contributed by atoms with E-state index in [1.165, 1.54) is 5.56 Å². The first-order valence-electron chi connectivity index (χ1n) is 5.25. The topological polar surface area (TPSA) is 20.2 Å². The minimum Gasteiger partial charge on any atom is -0.384 e. The van der Waals surface area contributed by atoms with Gasteiger partial charge in [-0.25, -0.2) is 0 Å². The third-order valence-corrected chi connectivity index (χ3v) is 3.59. The molecule has 1 N–H and O–H groups in total. The molecule has 1 aliphatic carbocycles. The second kappa shape index (κ2) is 3.44. The van der Waals surface area contributed by atoms with Gasteiger partial charge in [-0.05, 0) is 41.3 Å². The van der Waals surface area contributed by atoms with Gasteiger partial charge in [0.2, 0.25) is 0 Å². The van der Waals surface area contributed by atoms with Crippen molar-refractivity contribution in [3.8, 4) is 11.1 Å². The van der Waals surface area contributed by atoms with Gasteiger partial charge in [-0.2, -0.15) is 0 Å². The fourth-order valence-electron chi connectivity index (χ4n) is 2.33. The molecule has 0 radical (unpaired) electrons. The zero-order chi connectivity index (χ0) is 11.3. The Morgan fingerprint density at radius 2 is 1.62 bits per heavy atom. The van der Waals surface area contributed by atoms with Crippen molar-refractivity contribution in [2.75, 3.05) is 0 Å². The molecule has 1 nitrogen and oxygen atoms in total. The SMILES string of the molecule is Cc1ccc2c(c1)C(O)c1cc(Br)ccc1-2. The van der Waals surface area contributed by atoms with Crippen LogP contribution in [0.5, 0.6) is 0 Å². The van der Waals surface area contributed by atoms with Gasteiger partial charge in [0, 0.05) is 4.47 Å².